The summed E-state index contributed by atoms with van der Waals surface area (Å²) in [6, 6.07) is 9.53. The van der Waals surface area contributed by atoms with Crippen LogP contribution in [0, 0.1) is 0 Å². The molecule has 0 aliphatic carbocycles. The van der Waals surface area contributed by atoms with Crippen LogP contribution in [-0.4, -0.2) is 23.7 Å². The van der Waals surface area contributed by atoms with Crippen molar-refractivity contribution in [2.75, 3.05) is 12.1 Å². The van der Waals surface area contributed by atoms with Gasteiger partial charge in [0.25, 0.3) is 5.91 Å². The van der Waals surface area contributed by atoms with Crippen LogP contribution in [0.4, 0.5) is 10.2 Å². The lowest BCUT2D eigenvalue weighted by atomic mass is 10.1. The highest BCUT2D eigenvalue weighted by atomic mass is 79.9. The molecule has 3 heterocycles. The largest absolute Gasteiger partial charge is 0.454 e. The number of ether oxygens (including phenoxy) is 4. The van der Waals surface area contributed by atoms with Crippen LogP contribution in [0.15, 0.2) is 53.1 Å². The first kappa shape index (κ1) is 18.7. The number of carbonyl (C=O) groups is 1. The Labute approximate surface area is 178 Å². The molecule has 1 amide bonds. The summed E-state index contributed by atoms with van der Waals surface area (Å²) in [5.74, 6) is 1.40. The second-order valence-corrected chi connectivity index (χ2v) is 7.60. The highest BCUT2D eigenvalue weighted by molar-refractivity contribution is 9.10. The zero-order valence-electron chi connectivity index (χ0n) is 15.6. The Morgan fingerprint density at radius 3 is 2.70 bits per heavy atom. The van der Waals surface area contributed by atoms with E-state index in [1.54, 1.807) is 18.3 Å². The zero-order chi connectivity index (χ0) is 20.9. The van der Waals surface area contributed by atoms with Gasteiger partial charge in [-0.2, -0.15) is 4.39 Å². The van der Waals surface area contributed by atoms with Gasteiger partial charge < -0.3 is 24.3 Å². The third kappa shape index (κ3) is 3.30. The van der Waals surface area contributed by atoms with Gasteiger partial charge in [-0.25, -0.2) is 4.98 Å². The Bertz CT molecular complexity index is 1170. The van der Waals surface area contributed by atoms with Crippen LogP contribution >= 0.6 is 15.9 Å². The summed E-state index contributed by atoms with van der Waals surface area (Å²) >= 11 is 3.52. The minimum atomic E-state index is -2.31. The van der Waals surface area contributed by atoms with Gasteiger partial charge in [-0.1, -0.05) is 22.0 Å². The van der Waals surface area contributed by atoms with Crippen LogP contribution in [0.3, 0.4) is 0 Å². The van der Waals surface area contributed by atoms with Gasteiger partial charge in [0.15, 0.2) is 23.0 Å². The van der Waals surface area contributed by atoms with Gasteiger partial charge in [0.2, 0.25) is 6.79 Å². The second-order valence-electron chi connectivity index (χ2n) is 6.74. The van der Waals surface area contributed by atoms with E-state index in [0.717, 1.165) is 22.5 Å². The highest BCUT2D eigenvalue weighted by Gasteiger charge is 2.39. The quantitative estimate of drug-likeness (QED) is 0.583. The van der Waals surface area contributed by atoms with Crippen LogP contribution in [-0.2, 0) is 0 Å². The molecule has 1 atom stereocenters. The van der Waals surface area contributed by atoms with E-state index in [1.165, 1.54) is 12.1 Å². The SMILES string of the molecule is CC1(F)Oc2cccc(C(=O)Nc3ccc(-c4cc5c(cc4Br)OCO5)cn3)c2O1. The lowest BCUT2D eigenvalue weighted by Gasteiger charge is -2.11. The van der Waals surface area contributed by atoms with Crippen molar-refractivity contribution >= 4 is 27.7 Å². The molecular weight excluding hydrogens is 459 g/mol. The molecule has 1 aromatic heterocycles. The Morgan fingerprint density at radius 2 is 1.93 bits per heavy atom. The maximum absolute atomic E-state index is 14.0. The number of nitrogens with one attached hydrogen (secondary N) is 1. The van der Waals surface area contributed by atoms with Crippen LogP contribution in [0.1, 0.15) is 17.3 Å². The molecule has 2 aromatic carbocycles. The van der Waals surface area contributed by atoms with Crippen LogP contribution in [0.5, 0.6) is 23.0 Å². The van der Waals surface area contributed by atoms with Crippen molar-refractivity contribution in [3.8, 4) is 34.1 Å². The smallest absolute Gasteiger partial charge is 0.404 e. The summed E-state index contributed by atoms with van der Waals surface area (Å²) in [7, 11) is 0. The summed E-state index contributed by atoms with van der Waals surface area (Å²) in [6.45, 7) is 1.32. The van der Waals surface area contributed by atoms with Gasteiger partial charge in [-0.3, -0.25) is 4.79 Å². The molecule has 152 valence electrons. The number of carbonyl (C=O) groups excluding carboxylic acids is 1. The van der Waals surface area contributed by atoms with Crippen molar-refractivity contribution in [1.82, 2.24) is 4.98 Å². The lowest BCUT2D eigenvalue weighted by Crippen LogP contribution is -2.28. The van der Waals surface area contributed by atoms with Crippen molar-refractivity contribution in [3.05, 3.63) is 58.7 Å². The monoisotopic (exact) mass is 472 g/mol. The van der Waals surface area contributed by atoms with Gasteiger partial charge in [-0.15, -0.1) is 0 Å². The van der Waals surface area contributed by atoms with Crippen LogP contribution in [0.2, 0.25) is 0 Å². The number of halogens is 2. The van der Waals surface area contributed by atoms with E-state index < -0.39 is 11.9 Å². The molecule has 1 unspecified atom stereocenters. The number of aromatic nitrogens is 1. The minimum absolute atomic E-state index is 0.0564. The molecule has 3 aromatic rings. The molecule has 2 aliphatic rings. The van der Waals surface area contributed by atoms with E-state index in [-0.39, 0.29) is 23.9 Å². The molecule has 5 rings (SSSR count). The molecular formula is C21H14BrFN2O5. The number of para-hydroxylation sites is 1. The molecule has 2 aliphatic heterocycles. The van der Waals surface area contributed by atoms with Crippen molar-refractivity contribution < 1.29 is 28.1 Å². The van der Waals surface area contributed by atoms with Gasteiger partial charge in [-0.05, 0) is 36.4 Å². The van der Waals surface area contributed by atoms with Crippen molar-refractivity contribution in [1.29, 1.82) is 0 Å². The number of pyridine rings is 1. The average Bonchev–Trinajstić information content (AvgIpc) is 3.29. The lowest BCUT2D eigenvalue weighted by molar-refractivity contribution is -0.173. The number of anilines is 1. The third-order valence-electron chi connectivity index (χ3n) is 4.58. The number of amides is 1. The van der Waals surface area contributed by atoms with E-state index in [2.05, 4.69) is 26.2 Å². The molecule has 1 N–H and O–H groups in total. The minimum Gasteiger partial charge on any atom is -0.454 e. The molecule has 0 saturated carbocycles. The van der Waals surface area contributed by atoms with Crippen LogP contribution in [0.25, 0.3) is 11.1 Å². The van der Waals surface area contributed by atoms with Crippen molar-refractivity contribution in [2.24, 2.45) is 0 Å². The second kappa shape index (κ2) is 6.88. The fourth-order valence-corrected chi connectivity index (χ4v) is 3.78. The van der Waals surface area contributed by atoms with E-state index in [0.29, 0.717) is 17.3 Å². The van der Waals surface area contributed by atoms with E-state index >= 15 is 0 Å². The number of rotatable bonds is 3. The highest BCUT2D eigenvalue weighted by Crippen LogP contribution is 2.43. The molecule has 0 fully saturated rings. The average molecular weight is 473 g/mol. The molecule has 0 bridgehead atoms. The fourth-order valence-electron chi connectivity index (χ4n) is 3.23. The molecule has 0 saturated heterocycles. The summed E-state index contributed by atoms with van der Waals surface area (Å²) in [5.41, 5.74) is 1.85. The number of benzene rings is 2. The first-order valence-corrected chi connectivity index (χ1v) is 9.76. The summed E-state index contributed by atoms with van der Waals surface area (Å²) in [4.78, 5) is 17.0. The zero-order valence-corrected chi connectivity index (χ0v) is 17.2. The van der Waals surface area contributed by atoms with Gasteiger partial charge in [0.05, 0.1) is 5.56 Å². The first-order chi connectivity index (χ1) is 14.4. The molecule has 9 heteroatoms. The normalized spacial score (nSPS) is 18.4. The Balaban J connectivity index is 1.37. The maximum atomic E-state index is 14.0. The number of fused-ring (bicyclic) bond motifs is 2. The van der Waals surface area contributed by atoms with Gasteiger partial charge in [0.1, 0.15) is 5.82 Å². The molecule has 0 radical (unpaired) electrons. The fraction of sp³-hybridized carbons (Fsp3) is 0.143. The Kier molecular flexibility index (Phi) is 4.28. The molecule has 7 nitrogen and oxygen atoms in total. The number of hydrogen-bond acceptors (Lipinski definition) is 6. The van der Waals surface area contributed by atoms with Crippen molar-refractivity contribution in [2.45, 2.75) is 13.0 Å². The third-order valence-corrected chi connectivity index (χ3v) is 5.23. The first-order valence-electron chi connectivity index (χ1n) is 8.96. The molecule has 30 heavy (non-hydrogen) atoms. The Morgan fingerprint density at radius 1 is 1.13 bits per heavy atom. The summed E-state index contributed by atoms with van der Waals surface area (Å²) < 4.78 is 35.7. The molecule has 0 spiro atoms. The van der Waals surface area contributed by atoms with Gasteiger partial charge in [0, 0.05) is 28.7 Å². The number of nitrogens with zero attached hydrogens (tertiary/aromatic N) is 1. The maximum Gasteiger partial charge on any atom is 0.404 e. The van der Waals surface area contributed by atoms with E-state index in [1.807, 2.05) is 18.2 Å². The standard InChI is InChI=1S/C21H14BrFN2O5/c1-21(23)29-15-4-2-3-12(19(15)30-21)20(26)25-18-6-5-11(9-24-18)13-7-16-17(8-14(13)22)28-10-27-16/h2-9H,10H2,1H3,(H,24,25,26). The topological polar surface area (TPSA) is 78.9 Å². The van der Waals surface area contributed by atoms with Crippen molar-refractivity contribution in [3.63, 3.8) is 0 Å². The van der Waals surface area contributed by atoms with E-state index in [9.17, 15) is 9.18 Å². The summed E-state index contributed by atoms with van der Waals surface area (Å²) in [6.07, 6.45) is 1.63. The number of hydrogen-bond donors (Lipinski definition) is 1. The van der Waals surface area contributed by atoms with E-state index in [4.69, 9.17) is 18.9 Å². The Hall–Kier alpha value is -3.33. The summed E-state index contributed by atoms with van der Waals surface area (Å²) in [5, 5.41) is 2.69. The number of alkyl halides is 1. The van der Waals surface area contributed by atoms with Gasteiger partial charge >= 0.3 is 6.04 Å². The predicted molar refractivity (Wildman–Crippen MR) is 109 cm³/mol. The van der Waals surface area contributed by atoms with Crippen LogP contribution < -0.4 is 24.3 Å². The predicted octanol–water partition coefficient (Wildman–Crippen LogP) is 4.91.